The van der Waals surface area contributed by atoms with Crippen molar-refractivity contribution in [3.63, 3.8) is 0 Å². The van der Waals surface area contributed by atoms with Crippen LogP contribution in [0.2, 0.25) is 5.02 Å². The van der Waals surface area contributed by atoms with Crippen LogP contribution in [0.1, 0.15) is 28.3 Å². The zero-order chi connectivity index (χ0) is 19.7. The molecule has 144 valence electrons. The Bertz CT molecular complexity index is 1040. The number of rotatable bonds is 5. The number of thiazole rings is 1. The van der Waals surface area contributed by atoms with Gasteiger partial charge in [-0.3, -0.25) is 4.79 Å². The highest BCUT2D eigenvalue weighted by atomic mass is 35.5. The fourth-order valence-electron chi connectivity index (χ4n) is 3.29. The number of ether oxygens (including phenoxy) is 2. The summed E-state index contributed by atoms with van der Waals surface area (Å²) in [4.78, 5) is 17.4. The first-order chi connectivity index (χ1) is 13.5. The molecule has 1 aliphatic heterocycles. The van der Waals surface area contributed by atoms with E-state index in [0.29, 0.717) is 34.1 Å². The van der Waals surface area contributed by atoms with Gasteiger partial charge < -0.3 is 20.5 Å². The summed E-state index contributed by atoms with van der Waals surface area (Å²) in [6.07, 6.45) is 0.287. The van der Waals surface area contributed by atoms with Gasteiger partial charge in [-0.05, 0) is 23.8 Å². The zero-order valence-electron chi connectivity index (χ0n) is 15.1. The lowest BCUT2D eigenvalue weighted by Gasteiger charge is -2.24. The first-order valence-corrected chi connectivity index (χ1v) is 9.84. The van der Waals surface area contributed by atoms with Crippen molar-refractivity contribution in [2.75, 3.05) is 18.2 Å². The fourth-order valence-corrected chi connectivity index (χ4v) is 4.41. The molecule has 0 saturated carbocycles. The molecule has 0 aliphatic carbocycles. The van der Waals surface area contributed by atoms with E-state index in [1.165, 1.54) is 11.3 Å². The summed E-state index contributed by atoms with van der Waals surface area (Å²) in [5.74, 6) is 1.41. The molecule has 8 heteroatoms. The maximum atomic E-state index is 12.2. The second-order valence-corrected chi connectivity index (χ2v) is 7.87. The average Bonchev–Trinajstić information content (AvgIpc) is 3.05. The maximum Gasteiger partial charge on any atom is 0.226 e. The second kappa shape index (κ2) is 7.69. The number of nitrogens with zero attached hydrogens (tertiary/aromatic N) is 1. The van der Waals surface area contributed by atoms with Crippen LogP contribution in [0, 0.1) is 0 Å². The Hall–Kier alpha value is -2.77. The number of carbonyl (C=O) groups excluding carboxylic acids is 1. The van der Waals surface area contributed by atoms with E-state index in [0.717, 1.165) is 16.0 Å². The van der Waals surface area contributed by atoms with Crippen LogP contribution in [0.15, 0.2) is 42.5 Å². The lowest BCUT2D eigenvalue weighted by molar-refractivity contribution is -0.116. The predicted octanol–water partition coefficient (Wildman–Crippen LogP) is 4.44. The molecule has 0 bridgehead atoms. The van der Waals surface area contributed by atoms with Gasteiger partial charge in [0.2, 0.25) is 5.91 Å². The van der Waals surface area contributed by atoms with Crippen LogP contribution >= 0.6 is 22.9 Å². The van der Waals surface area contributed by atoms with Gasteiger partial charge in [-0.25, -0.2) is 4.98 Å². The summed E-state index contributed by atoms with van der Waals surface area (Å²) in [7, 11) is 1.59. The molecule has 0 radical (unpaired) electrons. The number of halogens is 1. The number of para-hydroxylation sites is 1. The van der Waals surface area contributed by atoms with Gasteiger partial charge in [-0.2, -0.15) is 0 Å². The smallest absolute Gasteiger partial charge is 0.226 e. The summed E-state index contributed by atoms with van der Waals surface area (Å²) in [6.45, 7) is 0.324. The molecule has 1 amide bonds. The molecule has 1 aromatic heterocycles. The third-order valence-corrected chi connectivity index (χ3v) is 5.74. The fraction of sp³-hybridized carbons (Fsp3) is 0.200. The number of hydrogen-bond acceptors (Lipinski definition) is 6. The Balaban J connectivity index is 1.72. The van der Waals surface area contributed by atoms with Crippen molar-refractivity contribution in [1.82, 2.24) is 4.98 Å². The summed E-state index contributed by atoms with van der Waals surface area (Å²) in [5, 5.41) is 3.85. The van der Waals surface area contributed by atoms with Crippen LogP contribution in [0.4, 0.5) is 10.9 Å². The molecule has 3 aromatic rings. The van der Waals surface area contributed by atoms with E-state index >= 15 is 0 Å². The van der Waals surface area contributed by atoms with Gasteiger partial charge >= 0.3 is 0 Å². The third kappa shape index (κ3) is 3.63. The topological polar surface area (TPSA) is 86.5 Å². The minimum atomic E-state index is -0.206. The van der Waals surface area contributed by atoms with Crippen molar-refractivity contribution in [2.24, 2.45) is 0 Å². The van der Waals surface area contributed by atoms with Crippen molar-refractivity contribution < 1.29 is 14.3 Å². The molecule has 0 spiro atoms. The molecule has 1 atom stereocenters. The second-order valence-electron chi connectivity index (χ2n) is 6.37. The number of carbonyl (C=O) groups is 1. The van der Waals surface area contributed by atoms with Gasteiger partial charge in [0.25, 0.3) is 0 Å². The molecule has 4 rings (SSSR count). The number of anilines is 2. The van der Waals surface area contributed by atoms with Gasteiger partial charge in [-0.15, -0.1) is 0 Å². The number of nitrogens with one attached hydrogen (secondary N) is 1. The van der Waals surface area contributed by atoms with E-state index in [9.17, 15) is 4.79 Å². The molecule has 2 heterocycles. The van der Waals surface area contributed by atoms with Crippen LogP contribution in [-0.2, 0) is 11.4 Å². The third-order valence-electron chi connectivity index (χ3n) is 4.51. The van der Waals surface area contributed by atoms with Crippen molar-refractivity contribution in [2.45, 2.75) is 18.9 Å². The minimum Gasteiger partial charge on any atom is -0.493 e. The SMILES string of the molecule is COc1cccc([C@@H]2CC(=O)Nc3nc(N)sc32)c1OCc1cccc(Cl)c1. The normalized spacial score (nSPS) is 15.6. The molecule has 2 aromatic carbocycles. The number of methoxy groups -OCH3 is 1. The highest BCUT2D eigenvalue weighted by Crippen LogP contribution is 2.46. The van der Waals surface area contributed by atoms with Crippen LogP contribution in [0.3, 0.4) is 0 Å². The number of amides is 1. The van der Waals surface area contributed by atoms with Gasteiger partial charge in [0, 0.05) is 22.9 Å². The van der Waals surface area contributed by atoms with Crippen molar-refractivity contribution in [3.05, 3.63) is 63.5 Å². The van der Waals surface area contributed by atoms with Crippen LogP contribution in [0.5, 0.6) is 11.5 Å². The van der Waals surface area contributed by atoms with Crippen molar-refractivity contribution in [3.8, 4) is 11.5 Å². The number of benzene rings is 2. The summed E-state index contributed by atoms with van der Waals surface area (Å²) < 4.78 is 11.7. The number of fused-ring (bicyclic) bond motifs is 1. The Morgan fingerprint density at radius 2 is 2.14 bits per heavy atom. The van der Waals surface area contributed by atoms with E-state index < -0.39 is 0 Å². The molecular weight excluding hydrogens is 398 g/mol. The Morgan fingerprint density at radius 3 is 2.93 bits per heavy atom. The lowest BCUT2D eigenvalue weighted by Crippen LogP contribution is -2.23. The molecule has 1 aliphatic rings. The first kappa shape index (κ1) is 18.6. The quantitative estimate of drug-likeness (QED) is 0.643. The van der Waals surface area contributed by atoms with Crippen molar-refractivity contribution in [1.29, 1.82) is 0 Å². The Morgan fingerprint density at radius 1 is 1.32 bits per heavy atom. The van der Waals surface area contributed by atoms with Crippen molar-refractivity contribution >= 4 is 39.8 Å². The van der Waals surface area contributed by atoms with E-state index in [1.54, 1.807) is 7.11 Å². The van der Waals surface area contributed by atoms with Crippen LogP contribution < -0.4 is 20.5 Å². The van der Waals surface area contributed by atoms with Gasteiger partial charge in [-0.1, -0.05) is 47.2 Å². The number of nitrogens with two attached hydrogens (primary N) is 1. The summed E-state index contributed by atoms with van der Waals surface area (Å²) >= 11 is 7.44. The minimum absolute atomic E-state index is 0.105. The molecule has 3 N–H and O–H groups in total. The van der Waals surface area contributed by atoms with E-state index in [2.05, 4.69) is 10.3 Å². The highest BCUT2D eigenvalue weighted by molar-refractivity contribution is 7.16. The number of aromatic nitrogens is 1. The maximum absolute atomic E-state index is 12.2. The zero-order valence-corrected chi connectivity index (χ0v) is 16.6. The molecule has 6 nitrogen and oxygen atoms in total. The van der Waals surface area contributed by atoms with Gasteiger partial charge in [0.15, 0.2) is 16.6 Å². The molecule has 0 unspecified atom stereocenters. The first-order valence-electron chi connectivity index (χ1n) is 8.65. The predicted molar refractivity (Wildman–Crippen MR) is 110 cm³/mol. The lowest BCUT2D eigenvalue weighted by atomic mass is 9.90. The van der Waals surface area contributed by atoms with E-state index in [1.807, 2.05) is 42.5 Å². The molecule has 0 saturated heterocycles. The Labute approximate surface area is 171 Å². The van der Waals surface area contributed by atoms with Crippen LogP contribution in [-0.4, -0.2) is 18.0 Å². The average molecular weight is 416 g/mol. The largest absolute Gasteiger partial charge is 0.493 e. The van der Waals surface area contributed by atoms with Gasteiger partial charge in [0.1, 0.15) is 12.4 Å². The van der Waals surface area contributed by atoms with Gasteiger partial charge in [0.05, 0.1) is 12.0 Å². The number of hydrogen-bond donors (Lipinski definition) is 2. The monoisotopic (exact) mass is 415 g/mol. The molecule has 0 fully saturated rings. The summed E-state index contributed by atoms with van der Waals surface area (Å²) in [5.41, 5.74) is 7.68. The standard InChI is InChI=1S/C20H18ClN3O3S/c1-26-15-7-3-6-13(17(15)27-10-11-4-2-5-12(21)8-11)14-9-16(25)23-19-18(14)28-20(22)24-19/h2-8,14H,9-10H2,1H3,(H2,22,24)(H,23,25)/t14-/m0/s1. The molecular formula is C20H18ClN3O3S. The summed E-state index contributed by atoms with van der Waals surface area (Å²) in [6, 6.07) is 13.2. The number of nitrogen functional groups attached to an aromatic ring is 1. The molecule has 28 heavy (non-hydrogen) atoms. The van der Waals surface area contributed by atoms with E-state index in [4.69, 9.17) is 26.8 Å². The Kier molecular flexibility index (Phi) is 5.11. The van der Waals surface area contributed by atoms with E-state index in [-0.39, 0.29) is 18.2 Å². The van der Waals surface area contributed by atoms with Crippen LogP contribution in [0.25, 0.3) is 0 Å². The highest BCUT2D eigenvalue weighted by Gasteiger charge is 2.32.